The van der Waals surface area contributed by atoms with Gasteiger partial charge in [0.15, 0.2) is 5.82 Å². The summed E-state index contributed by atoms with van der Waals surface area (Å²) < 4.78 is 0. The molecule has 116 valence electrons. The Labute approximate surface area is 130 Å². The van der Waals surface area contributed by atoms with Gasteiger partial charge in [0.1, 0.15) is 5.02 Å². The van der Waals surface area contributed by atoms with Gasteiger partial charge < -0.3 is 9.80 Å². The number of hydrogen-bond donors (Lipinski definition) is 2. The zero-order valence-electron chi connectivity index (χ0n) is 12.3. The summed E-state index contributed by atoms with van der Waals surface area (Å²) in [7, 11) is 0. The molecule has 0 amide bonds. The second-order valence-electron chi connectivity index (χ2n) is 5.82. The topological polar surface area (TPSA) is 70.3 Å². The first-order valence-corrected chi connectivity index (χ1v) is 8.14. The monoisotopic (exact) mass is 310 g/mol. The molecule has 6 nitrogen and oxygen atoms in total. The highest BCUT2D eigenvalue weighted by Gasteiger charge is 2.27. The van der Waals surface area contributed by atoms with Crippen LogP contribution in [0.3, 0.4) is 0 Å². The molecular weight excluding hydrogens is 288 g/mol. The first-order chi connectivity index (χ1) is 10.3. The lowest BCUT2D eigenvalue weighted by Gasteiger charge is -2.40. The van der Waals surface area contributed by atoms with Crippen molar-refractivity contribution in [2.24, 2.45) is 5.84 Å². The Morgan fingerprint density at radius 2 is 1.86 bits per heavy atom. The normalized spacial score (nSPS) is 21.5. The van der Waals surface area contributed by atoms with E-state index in [-0.39, 0.29) is 0 Å². The van der Waals surface area contributed by atoms with Gasteiger partial charge in [0.2, 0.25) is 5.95 Å². The van der Waals surface area contributed by atoms with Gasteiger partial charge in [0.25, 0.3) is 0 Å². The highest BCUT2D eigenvalue weighted by molar-refractivity contribution is 6.32. The van der Waals surface area contributed by atoms with Crippen LogP contribution in [0.5, 0.6) is 0 Å². The highest BCUT2D eigenvalue weighted by atomic mass is 35.5. The van der Waals surface area contributed by atoms with E-state index in [1.807, 2.05) is 0 Å². The van der Waals surface area contributed by atoms with Crippen molar-refractivity contribution >= 4 is 23.4 Å². The zero-order chi connectivity index (χ0) is 14.7. The summed E-state index contributed by atoms with van der Waals surface area (Å²) in [6, 6.07) is 0.717. The molecule has 21 heavy (non-hydrogen) atoms. The van der Waals surface area contributed by atoms with Gasteiger partial charge in [-0.2, -0.15) is 4.98 Å². The van der Waals surface area contributed by atoms with Crippen LogP contribution in [0.4, 0.5) is 11.8 Å². The lowest BCUT2D eigenvalue weighted by molar-refractivity contribution is 0.141. The number of nitrogen functional groups attached to an aromatic ring is 1. The number of hydrazine groups is 1. The molecule has 3 heterocycles. The van der Waals surface area contributed by atoms with Gasteiger partial charge >= 0.3 is 0 Å². The van der Waals surface area contributed by atoms with Crippen molar-refractivity contribution < 1.29 is 0 Å². The molecule has 1 aromatic rings. The maximum atomic E-state index is 6.23. The van der Waals surface area contributed by atoms with E-state index in [0.29, 0.717) is 17.0 Å². The van der Waals surface area contributed by atoms with Crippen LogP contribution in [-0.4, -0.2) is 47.1 Å². The molecule has 3 N–H and O–H groups in total. The van der Waals surface area contributed by atoms with Crippen molar-refractivity contribution in [1.82, 2.24) is 14.9 Å². The second-order valence-corrected chi connectivity index (χ2v) is 6.23. The first-order valence-electron chi connectivity index (χ1n) is 7.76. The molecule has 2 aliphatic heterocycles. The van der Waals surface area contributed by atoms with E-state index in [2.05, 4.69) is 25.2 Å². The molecule has 0 unspecified atom stereocenters. The Hall–Kier alpha value is -1.11. The number of anilines is 2. The highest BCUT2D eigenvalue weighted by Crippen LogP contribution is 2.28. The Morgan fingerprint density at radius 1 is 1.14 bits per heavy atom. The van der Waals surface area contributed by atoms with Gasteiger partial charge in [-0.3, -0.25) is 5.43 Å². The van der Waals surface area contributed by atoms with Crippen LogP contribution >= 0.6 is 11.6 Å². The number of nitrogens with one attached hydrogen (secondary N) is 1. The minimum Gasteiger partial charge on any atom is -0.355 e. The third-order valence-electron chi connectivity index (χ3n) is 4.53. The molecule has 0 spiro atoms. The first kappa shape index (κ1) is 14.8. The second kappa shape index (κ2) is 6.77. The largest absolute Gasteiger partial charge is 0.355 e. The van der Waals surface area contributed by atoms with Crippen LogP contribution in [0, 0.1) is 0 Å². The van der Waals surface area contributed by atoms with Crippen LogP contribution in [-0.2, 0) is 0 Å². The van der Waals surface area contributed by atoms with Crippen molar-refractivity contribution in [1.29, 1.82) is 0 Å². The molecule has 0 bridgehead atoms. The molecule has 0 aliphatic carbocycles. The molecule has 0 atom stereocenters. The molecular formula is C14H23ClN6. The third kappa shape index (κ3) is 3.39. The Bertz CT molecular complexity index is 469. The standard InChI is InChI=1S/C14H23ClN6/c15-12-10-17-14(19-16)18-13(12)21-8-4-11(5-9-21)20-6-2-1-3-7-20/h10-11H,1-9,16H2,(H,17,18,19). The van der Waals surface area contributed by atoms with Gasteiger partial charge in [-0.25, -0.2) is 10.8 Å². The van der Waals surface area contributed by atoms with Crippen molar-refractivity contribution in [2.75, 3.05) is 36.5 Å². The number of aromatic nitrogens is 2. The van der Waals surface area contributed by atoms with Gasteiger partial charge in [-0.15, -0.1) is 0 Å². The molecule has 0 radical (unpaired) electrons. The average Bonchev–Trinajstić information content (AvgIpc) is 2.56. The minimum atomic E-state index is 0.410. The van der Waals surface area contributed by atoms with Crippen LogP contribution < -0.4 is 16.2 Å². The fourth-order valence-corrected chi connectivity index (χ4v) is 3.59. The van der Waals surface area contributed by atoms with Crippen molar-refractivity contribution in [3.05, 3.63) is 11.2 Å². The van der Waals surface area contributed by atoms with E-state index in [4.69, 9.17) is 17.4 Å². The zero-order valence-corrected chi connectivity index (χ0v) is 13.0. The third-order valence-corrected chi connectivity index (χ3v) is 4.79. The van der Waals surface area contributed by atoms with Crippen molar-refractivity contribution in [2.45, 2.75) is 38.1 Å². The number of likely N-dealkylation sites (tertiary alicyclic amines) is 1. The van der Waals surface area contributed by atoms with Crippen LogP contribution in [0.2, 0.25) is 5.02 Å². The lowest BCUT2D eigenvalue weighted by atomic mass is 10.00. The molecule has 1 aromatic heterocycles. The fraction of sp³-hybridized carbons (Fsp3) is 0.714. The summed E-state index contributed by atoms with van der Waals surface area (Å²) in [6.45, 7) is 4.50. The van der Waals surface area contributed by atoms with Gasteiger partial charge in [0.05, 0.1) is 6.20 Å². The number of rotatable bonds is 3. The number of halogens is 1. The van der Waals surface area contributed by atoms with Crippen molar-refractivity contribution in [3.8, 4) is 0 Å². The molecule has 0 aromatic carbocycles. The van der Waals surface area contributed by atoms with Crippen LogP contribution in [0.15, 0.2) is 6.20 Å². The molecule has 2 fully saturated rings. The van der Waals surface area contributed by atoms with Gasteiger partial charge in [0, 0.05) is 19.1 Å². The van der Waals surface area contributed by atoms with E-state index in [1.165, 1.54) is 45.2 Å². The van der Waals surface area contributed by atoms with Gasteiger partial charge in [-0.1, -0.05) is 18.0 Å². The SMILES string of the molecule is NNc1ncc(Cl)c(N2CCC(N3CCCCC3)CC2)n1. The van der Waals surface area contributed by atoms with E-state index in [0.717, 1.165) is 18.9 Å². The number of nitrogens with zero attached hydrogens (tertiary/aromatic N) is 4. The molecule has 3 rings (SSSR count). The van der Waals surface area contributed by atoms with E-state index < -0.39 is 0 Å². The fourth-order valence-electron chi connectivity index (χ4n) is 3.38. The predicted molar refractivity (Wildman–Crippen MR) is 85.5 cm³/mol. The summed E-state index contributed by atoms with van der Waals surface area (Å²) in [5, 5.41) is 0.588. The van der Waals surface area contributed by atoms with E-state index in [1.54, 1.807) is 6.20 Å². The molecule has 0 saturated carbocycles. The Morgan fingerprint density at radius 3 is 2.52 bits per heavy atom. The summed E-state index contributed by atoms with van der Waals surface area (Å²) >= 11 is 6.23. The van der Waals surface area contributed by atoms with Crippen molar-refractivity contribution in [3.63, 3.8) is 0 Å². The molecule has 2 saturated heterocycles. The number of piperidine rings is 2. The molecule has 7 heteroatoms. The number of nitrogens with two attached hydrogens (primary N) is 1. The Balaban J connectivity index is 1.62. The lowest BCUT2D eigenvalue weighted by Crippen LogP contribution is -2.47. The molecule has 2 aliphatic rings. The van der Waals surface area contributed by atoms with Crippen LogP contribution in [0.1, 0.15) is 32.1 Å². The summed E-state index contributed by atoms with van der Waals surface area (Å²) in [6.07, 6.45) is 8.04. The average molecular weight is 311 g/mol. The summed E-state index contributed by atoms with van der Waals surface area (Å²) in [5.41, 5.74) is 2.48. The van der Waals surface area contributed by atoms with E-state index in [9.17, 15) is 0 Å². The van der Waals surface area contributed by atoms with Gasteiger partial charge in [-0.05, 0) is 38.8 Å². The smallest absolute Gasteiger partial charge is 0.239 e. The minimum absolute atomic E-state index is 0.410. The summed E-state index contributed by atoms with van der Waals surface area (Å²) in [5.74, 6) is 6.57. The number of hydrogen-bond acceptors (Lipinski definition) is 6. The van der Waals surface area contributed by atoms with Crippen LogP contribution in [0.25, 0.3) is 0 Å². The maximum absolute atomic E-state index is 6.23. The summed E-state index contributed by atoms with van der Waals surface area (Å²) in [4.78, 5) is 13.3. The quantitative estimate of drug-likeness (QED) is 0.656. The Kier molecular flexibility index (Phi) is 4.77. The predicted octanol–water partition coefficient (Wildman–Crippen LogP) is 1.87. The maximum Gasteiger partial charge on any atom is 0.239 e. The van der Waals surface area contributed by atoms with E-state index >= 15 is 0 Å².